The van der Waals surface area contributed by atoms with E-state index in [0.29, 0.717) is 19.0 Å². The molecule has 1 fully saturated rings. The molecular formula is C20H26N2O4S2. The van der Waals surface area contributed by atoms with Crippen molar-refractivity contribution in [3.8, 4) is 0 Å². The van der Waals surface area contributed by atoms with Gasteiger partial charge in [-0.15, -0.1) is 0 Å². The van der Waals surface area contributed by atoms with Gasteiger partial charge in [0.15, 0.2) is 0 Å². The molecule has 1 heterocycles. The zero-order chi connectivity index (χ0) is 20.4. The van der Waals surface area contributed by atoms with Gasteiger partial charge in [0.2, 0.25) is 10.0 Å². The highest BCUT2D eigenvalue weighted by atomic mass is 32.2. The first-order chi connectivity index (χ1) is 13.2. The molecular weight excluding hydrogens is 396 g/mol. The Morgan fingerprint density at radius 3 is 2.21 bits per heavy atom. The molecule has 0 radical (unpaired) electrons. The number of benzene rings is 2. The van der Waals surface area contributed by atoms with E-state index >= 15 is 0 Å². The van der Waals surface area contributed by atoms with Crippen LogP contribution in [0.15, 0.2) is 58.3 Å². The summed E-state index contributed by atoms with van der Waals surface area (Å²) in [5, 5.41) is 0. The molecule has 6 nitrogen and oxygen atoms in total. The van der Waals surface area contributed by atoms with Crippen LogP contribution in [0.5, 0.6) is 0 Å². The van der Waals surface area contributed by atoms with Crippen LogP contribution in [0.1, 0.15) is 44.6 Å². The highest BCUT2D eigenvalue weighted by molar-refractivity contribution is 7.92. The molecule has 28 heavy (non-hydrogen) atoms. The van der Waals surface area contributed by atoms with Crippen LogP contribution in [0.25, 0.3) is 0 Å². The van der Waals surface area contributed by atoms with E-state index in [1.807, 2.05) is 12.1 Å². The van der Waals surface area contributed by atoms with Crippen molar-refractivity contribution in [1.82, 2.24) is 4.31 Å². The van der Waals surface area contributed by atoms with Gasteiger partial charge in [-0.25, -0.2) is 16.8 Å². The lowest BCUT2D eigenvalue weighted by Gasteiger charge is -2.16. The van der Waals surface area contributed by atoms with Gasteiger partial charge in [0, 0.05) is 13.1 Å². The lowest BCUT2D eigenvalue weighted by atomic mass is 9.99. The van der Waals surface area contributed by atoms with E-state index in [1.54, 1.807) is 24.3 Å². The molecule has 1 aliphatic heterocycles. The van der Waals surface area contributed by atoms with Crippen molar-refractivity contribution in [2.24, 2.45) is 0 Å². The highest BCUT2D eigenvalue weighted by Gasteiger charge is 2.27. The number of nitrogens with zero attached hydrogens (tertiary/aromatic N) is 1. The average Bonchev–Trinajstić information content (AvgIpc) is 3.23. The largest absolute Gasteiger partial charge is 0.280 e. The molecule has 2 aromatic carbocycles. The maximum absolute atomic E-state index is 12.7. The van der Waals surface area contributed by atoms with Gasteiger partial charge in [0.05, 0.1) is 15.5 Å². The lowest BCUT2D eigenvalue weighted by Crippen LogP contribution is -2.27. The van der Waals surface area contributed by atoms with E-state index in [-0.39, 0.29) is 15.5 Å². The van der Waals surface area contributed by atoms with E-state index in [1.165, 1.54) is 16.4 Å². The van der Waals surface area contributed by atoms with Crippen LogP contribution in [-0.4, -0.2) is 34.2 Å². The Morgan fingerprint density at radius 2 is 1.61 bits per heavy atom. The summed E-state index contributed by atoms with van der Waals surface area (Å²) < 4.78 is 54.7. The van der Waals surface area contributed by atoms with Crippen molar-refractivity contribution in [1.29, 1.82) is 0 Å². The minimum Gasteiger partial charge on any atom is -0.280 e. The van der Waals surface area contributed by atoms with Crippen LogP contribution in [0, 0.1) is 0 Å². The first-order valence-corrected chi connectivity index (χ1v) is 12.4. The van der Waals surface area contributed by atoms with Crippen molar-refractivity contribution in [3.63, 3.8) is 0 Å². The van der Waals surface area contributed by atoms with E-state index in [2.05, 4.69) is 18.6 Å². The Kier molecular flexibility index (Phi) is 6.12. The molecule has 0 bridgehead atoms. The number of hydrogen-bond donors (Lipinski definition) is 1. The minimum atomic E-state index is -3.80. The molecule has 2 aromatic rings. The van der Waals surface area contributed by atoms with Crippen molar-refractivity contribution in [2.45, 2.75) is 48.8 Å². The van der Waals surface area contributed by atoms with Crippen LogP contribution in [0.2, 0.25) is 0 Å². The van der Waals surface area contributed by atoms with E-state index in [0.717, 1.165) is 24.8 Å². The third-order valence-electron chi connectivity index (χ3n) is 5.16. The molecule has 0 saturated carbocycles. The average molecular weight is 423 g/mol. The minimum absolute atomic E-state index is 0.0988. The molecule has 1 aliphatic rings. The molecule has 0 spiro atoms. The maximum atomic E-state index is 12.7. The summed E-state index contributed by atoms with van der Waals surface area (Å²) in [5.74, 6) is 0.359. The predicted molar refractivity (Wildman–Crippen MR) is 110 cm³/mol. The van der Waals surface area contributed by atoms with E-state index < -0.39 is 20.0 Å². The van der Waals surface area contributed by atoms with E-state index in [4.69, 9.17) is 0 Å². The Hall–Kier alpha value is -1.90. The fourth-order valence-electron chi connectivity index (χ4n) is 3.22. The summed E-state index contributed by atoms with van der Waals surface area (Å²) in [6, 6.07) is 12.8. The van der Waals surface area contributed by atoms with Crippen molar-refractivity contribution >= 4 is 25.7 Å². The third kappa shape index (κ3) is 4.39. The van der Waals surface area contributed by atoms with Gasteiger partial charge in [-0.1, -0.05) is 32.0 Å². The second-order valence-electron chi connectivity index (χ2n) is 7.12. The number of sulfonamides is 2. The number of nitrogens with one attached hydrogen (secondary N) is 1. The van der Waals surface area contributed by atoms with E-state index in [9.17, 15) is 16.8 Å². The summed E-state index contributed by atoms with van der Waals surface area (Å²) in [6.45, 7) is 5.18. The van der Waals surface area contributed by atoms with Gasteiger partial charge >= 0.3 is 0 Å². The summed E-state index contributed by atoms with van der Waals surface area (Å²) in [5.41, 5.74) is 1.31. The quantitative estimate of drug-likeness (QED) is 0.736. The molecule has 3 rings (SSSR count). The normalized spacial score (nSPS) is 16.8. The molecule has 1 atom stereocenters. The van der Waals surface area contributed by atoms with Crippen LogP contribution >= 0.6 is 0 Å². The summed E-state index contributed by atoms with van der Waals surface area (Å²) in [7, 11) is -7.40. The number of anilines is 1. The molecule has 1 N–H and O–H groups in total. The van der Waals surface area contributed by atoms with Gasteiger partial charge < -0.3 is 0 Å². The van der Waals surface area contributed by atoms with Crippen LogP contribution in [0.4, 0.5) is 5.69 Å². The number of hydrogen-bond acceptors (Lipinski definition) is 4. The molecule has 1 saturated heterocycles. The first kappa shape index (κ1) is 20.8. The molecule has 0 unspecified atom stereocenters. The van der Waals surface area contributed by atoms with Crippen LogP contribution in [-0.2, 0) is 20.0 Å². The Morgan fingerprint density at radius 1 is 0.964 bits per heavy atom. The highest BCUT2D eigenvalue weighted by Crippen LogP contribution is 2.25. The van der Waals surface area contributed by atoms with Crippen LogP contribution < -0.4 is 4.72 Å². The Balaban J connectivity index is 1.83. The lowest BCUT2D eigenvalue weighted by molar-refractivity contribution is 0.477. The molecule has 8 heteroatoms. The molecule has 0 amide bonds. The summed E-state index contributed by atoms with van der Waals surface area (Å²) in [6.07, 6.45) is 2.67. The van der Waals surface area contributed by atoms with Crippen molar-refractivity contribution < 1.29 is 16.8 Å². The standard InChI is InChI=1S/C20H26N2O4S2/c1-3-16(2)17-9-11-19(12-10-17)27(23,24)21-18-7-6-8-20(15-18)28(25,26)22-13-4-5-14-22/h6-12,15-16,21H,3-5,13-14H2,1-2H3/t16-/m1/s1. The molecule has 0 aromatic heterocycles. The summed E-state index contributed by atoms with van der Waals surface area (Å²) in [4.78, 5) is 0.245. The maximum Gasteiger partial charge on any atom is 0.261 e. The van der Waals surface area contributed by atoms with Gasteiger partial charge in [-0.3, -0.25) is 4.72 Å². The Labute approximate surface area is 167 Å². The monoisotopic (exact) mass is 422 g/mol. The van der Waals surface area contributed by atoms with Crippen LogP contribution in [0.3, 0.4) is 0 Å². The van der Waals surface area contributed by atoms with Crippen molar-refractivity contribution in [3.05, 3.63) is 54.1 Å². The SMILES string of the molecule is CC[C@@H](C)c1ccc(S(=O)(=O)Nc2cccc(S(=O)(=O)N3CCCC3)c2)cc1. The second kappa shape index (κ2) is 8.23. The molecule has 0 aliphatic carbocycles. The van der Waals surface area contributed by atoms with Crippen molar-refractivity contribution in [2.75, 3.05) is 17.8 Å². The number of rotatable bonds is 7. The first-order valence-electron chi connectivity index (χ1n) is 9.47. The predicted octanol–water partition coefficient (Wildman–Crippen LogP) is 3.79. The zero-order valence-corrected chi connectivity index (χ0v) is 17.8. The zero-order valence-electron chi connectivity index (χ0n) is 16.1. The summed E-state index contributed by atoms with van der Waals surface area (Å²) >= 11 is 0. The third-order valence-corrected chi connectivity index (χ3v) is 8.45. The van der Waals surface area contributed by atoms with Gasteiger partial charge in [0.25, 0.3) is 10.0 Å². The molecule has 152 valence electrons. The van der Waals surface area contributed by atoms with Gasteiger partial charge in [-0.05, 0) is 61.1 Å². The van der Waals surface area contributed by atoms with Gasteiger partial charge in [0.1, 0.15) is 0 Å². The smallest absolute Gasteiger partial charge is 0.261 e. The second-order valence-corrected chi connectivity index (χ2v) is 10.7. The van der Waals surface area contributed by atoms with Gasteiger partial charge in [-0.2, -0.15) is 4.31 Å². The Bertz CT molecular complexity index is 1030. The fraction of sp³-hybridized carbons (Fsp3) is 0.400. The fourth-order valence-corrected chi connectivity index (χ4v) is 5.84. The topological polar surface area (TPSA) is 83.5 Å².